The number of unbranched alkanes of at least 4 members (excludes halogenated alkanes) is 43. The second-order valence-corrected chi connectivity index (χ2v) is 23.6. The molecule has 9 heteroatoms. The van der Waals surface area contributed by atoms with Gasteiger partial charge in [0.25, 0.3) is 0 Å². The minimum atomic E-state index is -1.58. The highest BCUT2D eigenvalue weighted by molar-refractivity contribution is 5.76. The Bertz CT molecular complexity index is 1370. The summed E-state index contributed by atoms with van der Waals surface area (Å²) in [6.45, 7) is 3.80. The van der Waals surface area contributed by atoms with Gasteiger partial charge in [-0.2, -0.15) is 0 Å². The number of nitrogens with one attached hydrogen (secondary N) is 1. The molecule has 78 heavy (non-hydrogen) atoms. The molecule has 9 nitrogen and oxygen atoms in total. The minimum absolute atomic E-state index is 0.186. The van der Waals surface area contributed by atoms with Crippen molar-refractivity contribution in [3.63, 3.8) is 0 Å². The zero-order chi connectivity index (χ0) is 56.5. The quantitative estimate of drug-likeness (QED) is 0.0261. The molecule has 0 aromatic heterocycles. The SMILES string of the molecule is CCCCCCCCCCCCCC/C=C\CCCCCCCCCCCCCCCCC(=O)NC(COC1OC(CO)C(O)C(O)C1O)C(O)/C=C/CC/C=C/CC/C=C/CCCCCCCCCCCCCCCCC. The van der Waals surface area contributed by atoms with Gasteiger partial charge >= 0.3 is 0 Å². The second-order valence-electron chi connectivity index (χ2n) is 23.6. The van der Waals surface area contributed by atoms with Crippen LogP contribution >= 0.6 is 0 Å². The largest absolute Gasteiger partial charge is 0.394 e. The van der Waals surface area contributed by atoms with Crippen molar-refractivity contribution in [3.8, 4) is 0 Å². The van der Waals surface area contributed by atoms with Gasteiger partial charge in [-0.05, 0) is 70.6 Å². The molecule has 0 radical (unpaired) electrons. The van der Waals surface area contributed by atoms with Crippen LogP contribution in [0.2, 0.25) is 0 Å². The van der Waals surface area contributed by atoms with E-state index in [1.807, 2.05) is 6.08 Å². The Morgan fingerprint density at radius 2 is 0.731 bits per heavy atom. The highest BCUT2D eigenvalue weighted by atomic mass is 16.7. The van der Waals surface area contributed by atoms with Crippen LogP contribution in [0.3, 0.4) is 0 Å². The van der Waals surface area contributed by atoms with Gasteiger partial charge < -0.3 is 40.3 Å². The van der Waals surface area contributed by atoms with Crippen molar-refractivity contribution >= 4 is 5.91 Å². The van der Waals surface area contributed by atoms with Crippen LogP contribution in [-0.4, -0.2) is 87.5 Å². The van der Waals surface area contributed by atoms with Crippen molar-refractivity contribution in [1.29, 1.82) is 0 Å². The van der Waals surface area contributed by atoms with Gasteiger partial charge in [-0.25, -0.2) is 0 Å². The van der Waals surface area contributed by atoms with Crippen LogP contribution in [0.15, 0.2) is 48.6 Å². The molecule has 1 heterocycles. The van der Waals surface area contributed by atoms with Crippen molar-refractivity contribution in [3.05, 3.63) is 48.6 Å². The van der Waals surface area contributed by atoms with E-state index in [-0.39, 0.29) is 12.5 Å². The monoisotopic (exact) mass is 1100 g/mol. The van der Waals surface area contributed by atoms with Crippen molar-refractivity contribution < 1.29 is 39.8 Å². The van der Waals surface area contributed by atoms with E-state index in [1.54, 1.807) is 6.08 Å². The van der Waals surface area contributed by atoms with E-state index >= 15 is 0 Å². The Morgan fingerprint density at radius 1 is 0.423 bits per heavy atom. The first kappa shape index (κ1) is 74.2. The summed E-state index contributed by atoms with van der Waals surface area (Å²) in [5, 5.41) is 54.7. The molecule has 1 aliphatic heterocycles. The van der Waals surface area contributed by atoms with Crippen LogP contribution in [0.1, 0.15) is 328 Å². The van der Waals surface area contributed by atoms with Crippen LogP contribution in [-0.2, 0) is 14.3 Å². The zero-order valence-electron chi connectivity index (χ0n) is 51.2. The number of aliphatic hydroxyl groups is 5. The molecule has 0 saturated carbocycles. The predicted octanol–water partition coefficient (Wildman–Crippen LogP) is 18.0. The molecule has 0 spiro atoms. The number of carbonyl (C=O) groups excluding carboxylic acids is 1. The molecule has 0 bridgehead atoms. The van der Waals surface area contributed by atoms with Crippen LogP contribution in [0, 0.1) is 0 Å². The number of allylic oxidation sites excluding steroid dienone is 7. The van der Waals surface area contributed by atoms with Crippen LogP contribution in [0.25, 0.3) is 0 Å². The van der Waals surface area contributed by atoms with Gasteiger partial charge in [0, 0.05) is 6.42 Å². The summed E-state index contributed by atoms with van der Waals surface area (Å²) in [4.78, 5) is 13.1. The van der Waals surface area contributed by atoms with E-state index in [9.17, 15) is 30.3 Å². The van der Waals surface area contributed by atoms with E-state index in [1.165, 1.54) is 263 Å². The smallest absolute Gasteiger partial charge is 0.220 e. The summed E-state index contributed by atoms with van der Waals surface area (Å²) in [6.07, 6.45) is 72.1. The van der Waals surface area contributed by atoms with Gasteiger partial charge in [-0.15, -0.1) is 0 Å². The van der Waals surface area contributed by atoms with E-state index in [4.69, 9.17) is 9.47 Å². The standard InChI is InChI=1S/C69H129NO8/c1-3-5-7-9-11-13-15-17-19-21-23-25-27-29-30-31-32-33-35-37-39-41-43-45-47-49-51-53-55-57-59-65(73)70-62(61-77-69-68(76)67(75)66(74)64(60-71)78-69)63(72)58-56-54-52-50-48-46-44-42-40-38-36-34-28-26-24-22-20-18-16-14-12-10-8-6-4-2/h29-30,40,42,48,50,56,58,62-64,66-69,71-72,74-76H,3-28,31-39,41,43-47,49,51-55,57,59-61H2,1-2H3,(H,70,73)/b30-29-,42-40+,50-48+,58-56+. The summed E-state index contributed by atoms with van der Waals surface area (Å²) in [5.41, 5.74) is 0. The van der Waals surface area contributed by atoms with Crippen molar-refractivity contribution in [2.24, 2.45) is 0 Å². The van der Waals surface area contributed by atoms with Gasteiger partial charge in [0.05, 0.1) is 25.4 Å². The predicted molar refractivity (Wildman–Crippen MR) is 332 cm³/mol. The van der Waals surface area contributed by atoms with Crippen molar-refractivity contribution in [2.75, 3.05) is 13.2 Å². The third-order valence-corrected chi connectivity index (χ3v) is 16.1. The third kappa shape index (κ3) is 46.7. The molecular weight excluding hydrogens is 971 g/mol. The Labute approximate surface area is 482 Å². The summed E-state index contributed by atoms with van der Waals surface area (Å²) < 4.78 is 11.3. The maximum absolute atomic E-state index is 13.1. The molecule has 7 unspecified atom stereocenters. The van der Waals surface area contributed by atoms with Crippen LogP contribution in [0.4, 0.5) is 0 Å². The number of carbonyl (C=O) groups is 1. The maximum atomic E-state index is 13.1. The van der Waals surface area contributed by atoms with Crippen molar-refractivity contribution in [1.82, 2.24) is 5.32 Å². The van der Waals surface area contributed by atoms with Gasteiger partial charge in [0.2, 0.25) is 5.91 Å². The molecule has 6 N–H and O–H groups in total. The zero-order valence-corrected chi connectivity index (χ0v) is 51.2. The van der Waals surface area contributed by atoms with E-state index < -0.39 is 49.5 Å². The van der Waals surface area contributed by atoms with E-state index in [0.29, 0.717) is 6.42 Å². The van der Waals surface area contributed by atoms with E-state index in [0.717, 1.165) is 44.9 Å². The Morgan fingerprint density at radius 3 is 1.08 bits per heavy atom. The molecule has 0 aliphatic carbocycles. The molecular formula is C69H129NO8. The van der Waals surface area contributed by atoms with Crippen LogP contribution in [0.5, 0.6) is 0 Å². The van der Waals surface area contributed by atoms with Crippen molar-refractivity contribution in [2.45, 2.75) is 371 Å². The first-order valence-electron chi connectivity index (χ1n) is 33.9. The number of rotatable bonds is 59. The summed E-state index contributed by atoms with van der Waals surface area (Å²) >= 11 is 0. The highest BCUT2D eigenvalue weighted by Gasteiger charge is 2.44. The van der Waals surface area contributed by atoms with Gasteiger partial charge in [0.1, 0.15) is 24.4 Å². The third-order valence-electron chi connectivity index (χ3n) is 16.1. The van der Waals surface area contributed by atoms with Gasteiger partial charge in [0.15, 0.2) is 6.29 Å². The fourth-order valence-corrected chi connectivity index (χ4v) is 10.8. The highest BCUT2D eigenvalue weighted by Crippen LogP contribution is 2.23. The Balaban J connectivity index is 2.17. The molecule has 7 atom stereocenters. The number of hydrogen-bond acceptors (Lipinski definition) is 8. The molecule has 1 rings (SSSR count). The summed E-state index contributed by atoms with van der Waals surface area (Å²) in [7, 11) is 0. The second kappa shape index (κ2) is 58.4. The lowest BCUT2D eigenvalue weighted by atomic mass is 9.99. The topological polar surface area (TPSA) is 149 Å². The molecule has 458 valence electrons. The molecule has 1 saturated heterocycles. The lowest BCUT2D eigenvalue weighted by molar-refractivity contribution is -0.302. The number of aliphatic hydroxyl groups excluding tert-OH is 5. The average molecular weight is 1100 g/mol. The molecule has 0 aromatic rings. The fourth-order valence-electron chi connectivity index (χ4n) is 10.8. The number of hydrogen-bond donors (Lipinski definition) is 6. The summed E-state index contributed by atoms with van der Waals surface area (Å²) in [5.74, 6) is -0.186. The number of ether oxygens (including phenoxy) is 2. The lowest BCUT2D eigenvalue weighted by Crippen LogP contribution is -2.60. The van der Waals surface area contributed by atoms with Gasteiger partial charge in [-0.1, -0.05) is 300 Å². The lowest BCUT2D eigenvalue weighted by Gasteiger charge is -2.40. The number of amides is 1. The molecule has 0 aromatic carbocycles. The normalized spacial score (nSPS) is 18.9. The van der Waals surface area contributed by atoms with Gasteiger partial charge in [-0.3, -0.25) is 4.79 Å². The fraction of sp³-hybridized carbons (Fsp3) is 0.870. The molecule has 1 amide bonds. The Kier molecular flexibility index (Phi) is 55.5. The maximum Gasteiger partial charge on any atom is 0.220 e. The average Bonchev–Trinajstić information content (AvgIpc) is 3.45. The minimum Gasteiger partial charge on any atom is -0.394 e. The first-order valence-corrected chi connectivity index (χ1v) is 33.9. The first-order chi connectivity index (χ1) is 38.3. The van der Waals surface area contributed by atoms with E-state index in [2.05, 4.69) is 55.6 Å². The summed E-state index contributed by atoms with van der Waals surface area (Å²) in [6, 6.07) is -0.830. The molecule has 1 aliphatic rings. The Hall–Kier alpha value is -1.85. The molecule has 1 fully saturated rings. The van der Waals surface area contributed by atoms with Crippen LogP contribution < -0.4 is 5.32 Å².